The number of piperazine rings is 1. The number of hydrogen-bond acceptors (Lipinski definition) is 5. The van der Waals surface area contributed by atoms with Gasteiger partial charge in [0.2, 0.25) is 5.91 Å². The van der Waals surface area contributed by atoms with Crippen molar-refractivity contribution >= 4 is 11.8 Å². The van der Waals surface area contributed by atoms with E-state index in [4.69, 9.17) is 0 Å². The molecule has 0 bridgehead atoms. The van der Waals surface area contributed by atoms with Gasteiger partial charge in [0, 0.05) is 45.7 Å². The van der Waals surface area contributed by atoms with Gasteiger partial charge in [0.1, 0.15) is 0 Å². The second kappa shape index (κ2) is 9.76. The molecule has 2 amide bonds. The molecule has 0 spiro atoms. The van der Waals surface area contributed by atoms with Crippen LogP contribution in [0.25, 0.3) is 0 Å². The number of carbonyl (C=O) groups excluding carboxylic acids is 2. The Hall–Kier alpha value is -1.18. The van der Waals surface area contributed by atoms with Gasteiger partial charge in [-0.3, -0.25) is 14.5 Å². The van der Waals surface area contributed by atoms with E-state index in [0.717, 1.165) is 39.1 Å². The quantitative estimate of drug-likeness (QED) is 0.464. The first-order valence-corrected chi connectivity index (χ1v) is 8.12. The first-order valence-electron chi connectivity index (χ1n) is 8.12. The number of aliphatic hydroxyl groups excluding tert-OH is 1. The summed E-state index contributed by atoms with van der Waals surface area (Å²) in [6.45, 7) is 9.89. The zero-order chi connectivity index (χ0) is 16.5. The van der Waals surface area contributed by atoms with Crippen LogP contribution < -0.4 is 16.0 Å². The molecule has 7 heteroatoms. The Morgan fingerprint density at radius 3 is 2.45 bits per heavy atom. The van der Waals surface area contributed by atoms with Gasteiger partial charge in [0.15, 0.2) is 6.10 Å². The smallest absolute Gasteiger partial charge is 0.251 e. The molecule has 0 saturated carbocycles. The maximum atomic E-state index is 12.1. The summed E-state index contributed by atoms with van der Waals surface area (Å²) >= 11 is 0. The SMILES string of the molecule is CCC[C@H](NC(C)=O)[C@H](O)C(=O)NC(C)CN1CCNCC1. The molecule has 4 N–H and O–H groups in total. The molecule has 1 aliphatic heterocycles. The van der Waals surface area contributed by atoms with E-state index in [1.54, 1.807) is 0 Å². The zero-order valence-corrected chi connectivity index (χ0v) is 13.9. The number of carbonyl (C=O) groups is 2. The molecule has 7 nitrogen and oxygen atoms in total. The Bertz CT molecular complexity index is 359. The van der Waals surface area contributed by atoms with Crippen molar-refractivity contribution < 1.29 is 14.7 Å². The molecule has 1 unspecified atom stereocenters. The van der Waals surface area contributed by atoms with Gasteiger partial charge < -0.3 is 21.1 Å². The molecular formula is C15H30N4O3. The Morgan fingerprint density at radius 1 is 1.27 bits per heavy atom. The molecule has 1 rings (SSSR count). The molecule has 0 aromatic rings. The normalized spacial score (nSPS) is 20.0. The number of hydrogen-bond donors (Lipinski definition) is 4. The highest BCUT2D eigenvalue weighted by molar-refractivity contribution is 5.83. The first kappa shape index (κ1) is 18.9. The predicted octanol–water partition coefficient (Wildman–Crippen LogP) is -0.938. The van der Waals surface area contributed by atoms with E-state index in [0.29, 0.717) is 6.42 Å². The minimum Gasteiger partial charge on any atom is -0.381 e. The van der Waals surface area contributed by atoms with Crippen LogP contribution in [0.5, 0.6) is 0 Å². The van der Waals surface area contributed by atoms with E-state index in [1.165, 1.54) is 6.92 Å². The summed E-state index contributed by atoms with van der Waals surface area (Å²) in [5.74, 6) is -0.658. The molecule has 1 heterocycles. The number of amides is 2. The van der Waals surface area contributed by atoms with E-state index in [9.17, 15) is 14.7 Å². The summed E-state index contributed by atoms with van der Waals surface area (Å²) in [5, 5.41) is 18.9. The van der Waals surface area contributed by atoms with E-state index in [1.807, 2.05) is 13.8 Å². The highest BCUT2D eigenvalue weighted by atomic mass is 16.3. The van der Waals surface area contributed by atoms with Crippen LogP contribution >= 0.6 is 0 Å². The van der Waals surface area contributed by atoms with Crippen LogP contribution in [-0.4, -0.2) is 72.7 Å². The number of nitrogens with zero attached hydrogens (tertiary/aromatic N) is 1. The van der Waals surface area contributed by atoms with Crippen LogP contribution in [0, 0.1) is 0 Å². The largest absolute Gasteiger partial charge is 0.381 e. The molecule has 0 radical (unpaired) electrons. The minimum atomic E-state index is -1.21. The molecule has 1 aliphatic rings. The van der Waals surface area contributed by atoms with E-state index in [2.05, 4.69) is 20.9 Å². The van der Waals surface area contributed by atoms with Crippen LogP contribution in [0.15, 0.2) is 0 Å². The van der Waals surface area contributed by atoms with Crippen molar-refractivity contribution in [1.82, 2.24) is 20.9 Å². The highest BCUT2D eigenvalue weighted by Crippen LogP contribution is 2.04. The van der Waals surface area contributed by atoms with Gasteiger partial charge in [-0.05, 0) is 13.3 Å². The second-order valence-electron chi connectivity index (χ2n) is 6.00. The fraction of sp³-hybridized carbons (Fsp3) is 0.867. The molecule has 0 aliphatic carbocycles. The third-order valence-corrected chi connectivity index (χ3v) is 3.77. The van der Waals surface area contributed by atoms with Crippen molar-refractivity contribution in [1.29, 1.82) is 0 Å². The monoisotopic (exact) mass is 314 g/mol. The Kier molecular flexibility index (Phi) is 8.37. The lowest BCUT2D eigenvalue weighted by Crippen LogP contribution is -2.54. The fourth-order valence-corrected chi connectivity index (χ4v) is 2.72. The lowest BCUT2D eigenvalue weighted by molar-refractivity contribution is -0.132. The minimum absolute atomic E-state index is 0.0418. The van der Waals surface area contributed by atoms with Crippen molar-refractivity contribution in [2.45, 2.75) is 51.8 Å². The third kappa shape index (κ3) is 6.72. The maximum absolute atomic E-state index is 12.1. The van der Waals surface area contributed by atoms with Crippen LogP contribution in [0.1, 0.15) is 33.6 Å². The van der Waals surface area contributed by atoms with Crippen molar-refractivity contribution in [3.8, 4) is 0 Å². The lowest BCUT2D eigenvalue weighted by atomic mass is 10.0. The summed E-state index contributed by atoms with van der Waals surface area (Å²) < 4.78 is 0. The number of nitrogens with one attached hydrogen (secondary N) is 3. The van der Waals surface area contributed by atoms with Gasteiger partial charge in [-0.25, -0.2) is 0 Å². The Morgan fingerprint density at radius 2 is 1.91 bits per heavy atom. The maximum Gasteiger partial charge on any atom is 0.251 e. The lowest BCUT2D eigenvalue weighted by Gasteiger charge is -2.30. The summed E-state index contributed by atoms with van der Waals surface area (Å²) in [5.41, 5.74) is 0. The first-order chi connectivity index (χ1) is 10.4. The molecule has 1 saturated heterocycles. The molecule has 1 fully saturated rings. The Labute approximate surface area is 132 Å². The van der Waals surface area contributed by atoms with E-state index < -0.39 is 18.1 Å². The van der Waals surface area contributed by atoms with Crippen molar-refractivity contribution in [2.75, 3.05) is 32.7 Å². The standard InChI is InChI=1S/C15H30N4O3/c1-4-5-13(18-12(3)20)14(21)15(22)17-11(2)10-19-8-6-16-7-9-19/h11,13-14,16,21H,4-10H2,1-3H3,(H,17,22)(H,18,20)/t11?,13-,14-/m0/s1. The molecule has 0 aromatic heterocycles. The molecule has 22 heavy (non-hydrogen) atoms. The van der Waals surface area contributed by atoms with Gasteiger partial charge in [0.05, 0.1) is 6.04 Å². The average molecular weight is 314 g/mol. The topological polar surface area (TPSA) is 93.7 Å². The summed E-state index contributed by atoms with van der Waals surface area (Å²) in [7, 11) is 0. The zero-order valence-electron chi connectivity index (χ0n) is 13.9. The van der Waals surface area contributed by atoms with Crippen LogP contribution in [0.3, 0.4) is 0 Å². The van der Waals surface area contributed by atoms with Crippen LogP contribution in [0.4, 0.5) is 0 Å². The van der Waals surface area contributed by atoms with Crippen molar-refractivity contribution in [2.24, 2.45) is 0 Å². The Balaban J connectivity index is 2.44. The van der Waals surface area contributed by atoms with E-state index in [-0.39, 0.29) is 11.9 Å². The van der Waals surface area contributed by atoms with Gasteiger partial charge in [-0.2, -0.15) is 0 Å². The van der Waals surface area contributed by atoms with Crippen molar-refractivity contribution in [3.63, 3.8) is 0 Å². The summed E-state index contributed by atoms with van der Waals surface area (Å²) in [6, 6.07) is -0.575. The van der Waals surface area contributed by atoms with E-state index >= 15 is 0 Å². The molecule has 3 atom stereocenters. The highest BCUT2D eigenvalue weighted by Gasteiger charge is 2.27. The number of aliphatic hydroxyl groups is 1. The van der Waals surface area contributed by atoms with Gasteiger partial charge in [-0.15, -0.1) is 0 Å². The predicted molar refractivity (Wildman–Crippen MR) is 85.4 cm³/mol. The average Bonchev–Trinajstić information content (AvgIpc) is 2.46. The molecule has 128 valence electrons. The van der Waals surface area contributed by atoms with Crippen LogP contribution in [0.2, 0.25) is 0 Å². The molecule has 0 aromatic carbocycles. The van der Waals surface area contributed by atoms with Crippen molar-refractivity contribution in [3.05, 3.63) is 0 Å². The fourth-order valence-electron chi connectivity index (χ4n) is 2.72. The van der Waals surface area contributed by atoms with Gasteiger partial charge in [-0.1, -0.05) is 13.3 Å². The van der Waals surface area contributed by atoms with Gasteiger partial charge in [0.25, 0.3) is 5.91 Å². The number of rotatable bonds is 8. The molecular weight excluding hydrogens is 284 g/mol. The van der Waals surface area contributed by atoms with Crippen LogP contribution in [-0.2, 0) is 9.59 Å². The second-order valence-corrected chi connectivity index (χ2v) is 6.00. The van der Waals surface area contributed by atoms with Gasteiger partial charge >= 0.3 is 0 Å². The summed E-state index contributed by atoms with van der Waals surface area (Å²) in [4.78, 5) is 25.6. The summed E-state index contributed by atoms with van der Waals surface area (Å²) in [6.07, 6.45) is 0.140. The third-order valence-electron chi connectivity index (χ3n) is 3.77.